The Hall–Kier alpha value is -1.74. The van der Waals surface area contributed by atoms with E-state index in [9.17, 15) is 22.0 Å². The van der Waals surface area contributed by atoms with Crippen molar-refractivity contribution in [2.45, 2.75) is 18.6 Å². The van der Waals surface area contributed by atoms with Crippen LogP contribution in [0.25, 0.3) is 0 Å². The molecule has 10 heteroatoms. The van der Waals surface area contributed by atoms with Gasteiger partial charge >= 0.3 is 0 Å². The normalized spacial score (nSPS) is 16.0. The molecule has 0 bridgehead atoms. The topological polar surface area (TPSA) is 66.5 Å². The number of carbonyl (C=O) groups excluding carboxylic acids is 1. The fraction of sp³-hybridized carbons (Fsp3) is 0.316. The summed E-state index contributed by atoms with van der Waals surface area (Å²) in [6.45, 7) is 0.281. The predicted molar refractivity (Wildman–Crippen MR) is 108 cm³/mol. The molecule has 0 saturated carbocycles. The van der Waals surface area contributed by atoms with Crippen molar-refractivity contribution in [1.82, 2.24) is 4.31 Å². The van der Waals surface area contributed by atoms with Crippen LogP contribution < -0.4 is 5.32 Å². The predicted octanol–water partition coefficient (Wildman–Crippen LogP) is 4.45. The second-order valence-electron chi connectivity index (χ2n) is 6.76. The number of amides is 1. The molecule has 0 spiro atoms. The van der Waals surface area contributed by atoms with Crippen LogP contribution in [0.4, 0.5) is 14.5 Å². The van der Waals surface area contributed by atoms with Gasteiger partial charge in [0.25, 0.3) is 0 Å². The Bertz CT molecular complexity index is 1010. The third-order valence-corrected chi connectivity index (χ3v) is 7.35. The quantitative estimate of drug-likeness (QED) is 0.713. The molecule has 156 valence electrons. The Morgan fingerprint density at radius 3 is 2.28 bits per heavy atom. The number of nitrogens with one attached hydrogen (secondary N) is 1. The van der Waals surface area contributed by atoms with Crippen LogP contribution in [-0.4, -0.2) is 31.7 Å². The van der Waals surface area contributed by atoms with Gasteiger partial charge in [0, 0.05) is 19.0 Å². The van der Waals surface area contributed by atoms with Gasteiger partial charge in [-0.15, -0.1) is 0 Å². The lowest BCUT2D eigenvalue weighted by atomic mass is 9.97. The highest BCUT2D eigenvalue weighted by atomic mass is 35.5. The van der Waals surface area contributed by atoms with E-state index >= 15 is 0 Å². The SMILES string of the molecule is O=C(Nc1c(F)cccc1F)C1CCN(S(=O)(=O)Cc2ccc(Cl)c(Cl)c2)CC1. The molecule has 1 aliphatic rings. The highest BCUT2D eigenvalue weighted by molar-refractivity contribution is 7.88. The van der Waals surface area contributed by atoms with Crippen LogP contribution in [0.1, 0.15) is 18.4 Å². The number of nitrogens with zero attached hydrogens (tertiary/aromatic N) is 1. The van der Waals surface area contributed by atoms with E-state index in [1.165, 1.54) is 22.5 Å². The summed E-state index contributed by atoms with van der Waals surface area (Å²) in [7, 11) is -3.61. The van der Waals surface area contributed by atoms with Crippen LogP contribution >= 0.6 is 23.2 Å². The Morgan fingerprint density at radius 2 is 1.69 bits per heavy atom. The van der Waals surface area contributed by atoms with Gasteiger partial charge in [0.1, 0.15) is 17.3 Å². The first-order chi connectivity index (χ1) is 13.7. The van der Waals surface area contributed by atoms with Crippen molar-refractivity contribution >= 4 is 44.8 Å². The van der Waals surface area contributed by atoms with E-state index in [0.29, 0.717) is 10.6 Å². The number of carbonyl (C=O) groups is 1. The van der Waals surface area contributed by atoms with Crippen LogP contribution in [0.5, 0.6) is 0 Å². The molecule has 2 aromatic rings. The number of para-hydroxylation sites is 1. The zero-order chi connectivity index (χ0) is 21.2. The van der Waals surface area contributed by atoms with Crippen molar-refractivity contribution in [3.63, 3.8) is 0 Å². The molecular formula is C19H18Cl2F2N2O3S. The summed E-state index contributed by atoms with van der Waals surface area (Å²) in [6, 6.07) is 7.94. The Morgan fingerprint density at radius 1 is 1.07 bits per heavy atom. The van der Waals surface area contributed by atoms with E-state index in [1.54, 1.807) is 6.07 Å². The summed E-state index contributed by atoms with van der Waals surface area (Å²) in [5.41, 5.74) is 0.0152. The first-order valence-corrected chi connectivity index (χ1v) is 11.2. The van der Waals surface area contributed by atoms with Gasteiger partial charge in [-0.2, -0.15) is 0 Å². The van der Waals surface area contributed by atoms with E-state index in [-0.39, 0.29) is 36.7 Å². The first kappa shape index (κ1) is 22.0. The fourth-order valence-electron chi connectivity index (χ4n) is 3.17. The Kier molecular flexibility index (Phi) is 6.78. The van der Waals surface area contributed by atoms with Gasteiger partial charge in [-0.25, -0.2) is 21.5 Å². The lowest BCUT2D eigenvalue weighted by Gasteiger charge is -2.30. The van der Waals surface area contributed by atoms with Gasteiger partial charge < -0.3 is 5.32 Å². The van der Waals surface area contributed by atoms with Crippen LogP contribution in [0.2, 0.25) is 10.0 Å². The van der Waals surface area contributed by atoms with E-state index in [4.69, 9.17) is 23.2 Å². The molecule has 29 heavy (non-hydrogen) atoms. The van der Waals surface area contributed by atoms with Gasteiger partial charge in [-0.1, -0.05) is 35.3 Å². The number of benzene rings is 2. The molecule has 2 aromatic carbocycles. The minimum absolute atomic E-state index is 0.140. The van der Waals surface area contributed by atoms with E-state index in [0.717, 1.165) is 12.1 Å². The molecule has 1 fully saturated rings. The minimum atomic E-state index is -3.61. The monoisotopic (exact) mass is 462 g/mol. The van der Waals surface area contributed by atoms with Crippen molar-refractivity contribution in [2.75, 3.05) is 18.4 Å². The summed E-state index contributed by atoms with van der Waals surface area (Å²) in [4.78, 5) is 12.3. The Labute approximate surface area is 177 Å². The zero-order valence-electron chi connectivity index (χ0n) is 15.2. The molecule has 0 aromatic heterocycles. The number of hydrogen-bond acceptors (Lipinski definition) is 3. The van der Waals surface area contributed by atoms with Crippen LogP contribution in [0.15, 0.2) is 36.4 Å². The molecule has 1 N–H and O–H groups in total. The molecule has 0 radical (unpaired) electrons. The minimum Gasteiger partial charge on any atom is -0.321 e. The number of anilines is 1. The van der Waals surface area contributed by atoms with Crippen molar-refractivity contribution in [3.8, 4) is 0 Å². The smallest absolute Gasteiger partial charge is 0.227 e. The van der Waals surface area contributed by atoms with Crippen molar-refractivity contribution < 1.29 is 22.0 Å². The average molecular weight is 463 g/mol. The number of hydrogen-bond donors (Lipinski definition) is 1. The van der Waals surface area contributed by atoms with E-state index < -0.39 is 39.2 Å². The summed E-state index contributed by atoms with van der Waals surface area (Å²) in [5, 5.41) is 2.88. The summed E-state index contributed by atoms with van der Waals surface area (Å²) < 4.78 is 54.0. The zero-order valence-corrected chi connectivity index (χ0v) is 17.5. The molecule has 0 unspecified atom stereocenters. The maximum atomic E-state index is 13.7. The Balaban J connectivity index is 1.60. The lowest BCUT2D eigenvalue weighted by molar-refractivity contribution is -0.121. The average Bonchev–Trinajstić information content (AvgIpc) is 2.67. The largest absolute Gasteiger partial charge is 0.321 e. The molecule has 1 heterocycles. The van der Waals surface area contributed by atoms with Crippen LogP contribution in [-0.2, 0) is 20.6 Å². The van der Waals surface area contributed by atoms with Gasteiger partial charge in [0.2, 0.25) is 15.9 Å². The van der Waals surface area contributed by atoms with Gasteiger partial charge in [-0.3, -0.25) is 4.79 Å². The molecule has 1 aliphatic heterocycles. The summed E-state index contributed by atoms with van der Waals surface area (Å²) in [5.74, 6) is -3.03. The van der Waals surface area contributed by atoms with E-state index in [1.807, 2.05) is 0 Å². The molecule has 3 rings (SSSR count). The van der Waals surface area contributed by atoms with Gasteiger partial charge in [-0.05, 0) is 42.7 Å². The molecule has 0 atom stereocenters. The molecule has 1 saturated heterocycles. The van der Waals surface area contributed by atoms with Crippen LogP contribution in [0.3, 0.4) is 0 Å². The van der Waals surface area contributed by atoms with Crippen molar-refractivity contribution in [2.24, 2.45) is 5.92 Å². The number of halogens is 4. The van der Waals surface area contributed by atoms with Gasteiger partial charge in [0.15, 0.2) is 0 Å². The van der Waals surface area contributed by atoms with Gasteiger partial charge in [0.05, 0.1) is 15.8 Å². The highest BCUT2D eigenvalue weighted by Crippen LogP contribution is 2.27. The lowest BCUT2D eigenvalue weighted by Crippen LogP contribution is -2.42. The molecular weight excluding hydrogens is 445 g/mol. The molecule has 0 aliphatic carbocycles. The summed E-state index contributed by atoms with van der Waals surface area (Å²) in [6.07, 6.45) is 0.505. The van der Waals surface area contributed by atoms with Crippen molar-refractivity contribution in [3.05, 3.63) is 63.6 Å². The highest BCUT2D eigenvalue weighted by Gasteiger charge is 2.31. The molecule has 1 amide bonds. The fourth-order valence-corrected chi connectivity index (χ4v) is 5.04. The third-order valence-electron chi connectivity index (χ3n) is 4.76. The maximum absolute atomic E-state index is 13.7. The first-order valence-electron chi connectivity index (χ1n) is 8.84. The second-order valence-corrected chi connectivity index (χ2v) is 9.55. The standard InChI is InChI=1S/C19H18Cl2F2N2O3S/c20-14-5-4-12(10-15(14)21)11-29(27,28)25-8-6-13(7-9-25)19(26)24-18-16(22)2-1-3-17(18)23/h1-5,10,13H,6-9,11H2,(H,24,26). The number of rotatable bonds is 5. The van der Waals surface area contributed by atoms with Crippen LogP contribution in [0, 0.1) is 17.6 Å². The van der Waals surface area contributed by atoms with E-state index in [2.05, 4.69) is 5.32 Å². The third kappa shape index (κ3) is 5.25. The second kappa shape index (κ2) is 8.95. The molecule has 5 nitrogen and oxygen atoms in total. The number of sulfonamides is 1. The number of piperidine rings is 1. The van der Waals surface area contributed by atoms with Crippen molar-refractivity contribution in [1.29, 1.82) is 0 Å². The summed E-state index contributed by atoms with van der Waals surface area (Å²) >= 11 is 11.8. The maximum Gasteiger partial charge on any atom is 0.227 e.